The average molecular weight is 296 g/mol. The first-order valence-corrected chi connectivity index (χ1v) is 6.97. The molecule has 6 heteroatoms. The fourth-order valence-electron chi connectivity index (χ4n) is 1.96. The summed E-state index contributed by atoms with van der Waals surface area (Å²) >= 11 is 0. The number of amides is 2. The molecule has 1 unspecified atom stereocenters. The molecule has 0 aromatic heterocycles. The molecular weight excluding hydrogens is 275 g/mol. The van der Waals surface area contributed by atoms with Crippen molar-refractivity contribution in [2.75, 3.05) is 11.4 Å². The number of carbonyl (C=O) groups is 2. The molecule has 21 heavy (non-hydrogen) atoms. The van der Waals surface area contributed by atoms with Crippen molar-refractivity contribution in [1.82, 2.24) is 5.32 Å². The van der Waals surface area contributed by atoms with E-state index in [0.717, 1.165) is 0 Å². The highest BCUT2D eigenvalue weighted by atomic mass is 19.1. The van der Waals surface area contributed by atoms with Crippen molar-refractivity contribution >= 4 is 17.7 Å². The number of rotatable bonds is 6. The van der Waals surface area contributed by atoms with Gasteiger partial charge in [-0.2, -0.15) is 0 Å². The zero-order chi connectivity index (χ0) is 16.0. The third-order valence-corrected chi connectivity index (χ3v) is 3.46. The zero-order valence-electron chi connectivity index (χ0n) is 12.5. The normalized spacial score (nSPS) is 13.3. The van der Waals surface area contributed by atoms with Gasteiger partial charge in [-0.3, -0.25) is 4.90 Å². The van der Waals surface area contributed by atoms with Gasteiger partial charge < -0.3 is 10.4 Å². The summed E-state index contributed by atoms with van der Waals surface area (Å²) in [6, 6.07) is 4.03. The predicted molar refractivity (Wildman–Crippen MR) is 78.8 cm³/mol. The zero-order valence-corrected chi connectivity index (χ0v) is 12.5. The second-order valence-corrected chi connectivity index (χ2v) is 4.87. The van der Waals surface area contributed by atoms with E-state index in [4.69, 9.17) is 0 Å². The first-order chi connectivity index (χ1) is 9.90. The lowest BCUT2D eigenvalue weighted by atomic mass is 9.99. The number of carboxylic acid groups (broad SMARTS) is 1. The molecule has 116 valence electrons. The molecule has 0 aliphatic carbocycles. The molecule has 0 aliphatic rings. The van der Waals surface area contributed by atoms with Crippen LogP contribution in [0.4, 0.5) is 14.9 Å². The average Bonchev–Trinajstić information content (AvgIpc) is 2.46. The number of benzene rings is 1. The maximum atomic E-state index is 12.9. The second-order valence-electron chi connectivity index (χ2n) is 4.87. The molecule has 5 nitrogen and oxygen atoms in total. The Hall–Kier alpha value is -2.11. The summed E-state index contributed by atoms with van der Waals surface area (Å²) in [5.74, 6) is -1.63. The highest BCUT2D eigenvalue weighted by Crippen LogP contribution is 2.16. The predicted octanol–water partition coefficient (Wildman–Crippen LogP) is 2.86. The third kappa shape index (κ3) is 4.44. The molecule has 2 atom stereocenters. The number of hydrogen-bond acceptors (Lipinski definition) is 2. The van der Waals surface area contributed by atoms with Crippen LogP contribution in [-0.2, 0) is 4.79 Å². The van der Waals surface area contributed by atoms with Crippen molar-refractivity contribution < 1.29 is 19.1 Å². The van der Waals surface area contributed by atoms with Gasteiger partial charge in [-0.05, 0) is 37.1 Å². The summed E-state index contributed by atoms with van der Waals surface area (Å²) in [5, 5.41) is 11.7. The quantitative estimate of drug-likeness (QED) is 0.848. The van der Waals surface area contributed by atoms with Crippen molar-refractivity contribution in [3.05, 3.63) is 30.1 Å². The summed E-state index contributed by atoms with van der Waals surface area (Å²) in [7, 11) is 0. The van der Waals surface area contributed by atoms with Crippen LogP contribution in [0.5, 0.6) is 0 Å². The van der Waals surface area contributed by atoms with Gasteiger partial charge in [0.05, 0.1) is 0 Å². The minimum absolute atomic E-state index is 0.182. The molecule has 0 spiro atoms. The number of aliphatic carboxylic acids is 1. The number of nitrogens with zero attached hydrogens (tertiary/aromatic N) is 1. The standard InChI is InChI=1S/C15H21FN2O3/c1-4-10(3)13(14(19)20)17-15(21)18(5-2)12-8-6-11(16)7-9-12/h6-10,13H,4-5H2,1-3H3,(H,17,21)(H,19,20)/t10?,13-/m0/s1. The summed E-state index contributed by atoms with van der Waals surface area (Å²) in [5.41, 5.74) is 0.518. The van der Waals surface area contributed by atoms with Crippen molar-refractivity contribution in [3.8, 4) is 0 Å². The Kier molecular flexibility index (Phi) is 6.14. The molecule has 0 fully saturated rings. The van der Waals surface area contributed by atoms with E-state index in [-0.39, 0.29) is 5.92 Å². The Bertz CT molecular complexity index is 490. The van der Waals surface area contributed by atoms with Crippen LogP contribution in [0, 0.1) is 11.7 Å². The molecule has 0 aliphatic heterocycles. The Balaban J connectivity index is 2.88. The van der Waals surface area contributed by atoms with Crippen LogP contribution < -0.4 is 10.2 Å². The number of urea groups is 1. The van der Waals surface area contributed by atoms with E-state index in [0.29, 0.717) is 18.7 Å². The van der Waals surface area contributed by atoms with Crippen molar-refractivity contribution in [3.63, 3.8) is 0 Å². The molecule has 0 saturated carbocycles. The van der Waals surface area contributed by atoms with Crippen LogP contribution in [0.25, 0.3) is 0 Å². The van der Waals surface area contributed by atoms with Crippen LogP contribution in [0.1, 0.15) is 27.2 Å². The number of carbonyl (C=O) groups excluding carboxylic acids is 1. The van der Waals surface area contributed by atoms with E-state index in [1.807, 2.05) is 6.92 Å². The monoisotopic (exact) mass is 296 g/mol. The molecule has 1 rings (SSSR count). The summed E-state index contributed by atoms with van der Waals surface area (Å²) in [6.07, 6.45) is 0.639. The van der Waals surface area contributed by atoms with Crippen LogP contribution in [0.2, 0.25) is 0 Å². The number of halogens is 1. The van der Waals surface area contributed by atoms with E-state index in [1.54, 1.807) is 13.8 Å². The molecule has 0 bridgehead atoms. The SMILES string of the molecule is CCC(C)[C@H](NC(=O)N(CC)c1ccc(F)cc1)C(=O)O. The lowest BCUT2D eigenvalue weighted by molar-refractivity contribution is -0.140. The molecule has 0 radical (unpaired) electrons. The van der Waals surface area contributed by atoms with Crippen LogP contribution in [-0.4, -0.2) is 29.7 Å². The minimum atomic E-state index is -1.06. The lowest BCUT2D eigenvalue weighted by Gasteiger charge is -2.26. The van der Waals surface area contributed by atoms with E-state index in [2.05, 4.69) is 5.32 Å². The van der Waals surface area contributed by atoms with Gasteiger partial charge in [0, 0.05) is 12.2 Å². The van der Waals surface area contributed by atoms with Crippen LogP contribution >= 0.6 is 0 Å². The fourth-order valence-corrected chi connectivity index (χ4v) is 1.96. The number of carboxylic acids is 1. The maximum Gasteiger partial charge on any atom is 0.326 e. The number of nitrogens with one attached hydrogen (secondary N) is 1. The van der Waals surface area contributed by atoms with Gasteiger partial charge in [0.1, 0.15) is 11.9 Å². The molecule has 2 amide bonds. The van der Waals surface area contributed by atoms with Gasteiger partial charge in [0.25, 0.3) is 0 Å². The number of hydrogen-bond donors (Lipinski definition) is 2. The van der Waals surface area contributed by atoms with Gasteiger partial charge in [-0.15, -0.1) is 0 Å². The van der Waals surface area contributed by atoms with Gasteiger partial charge in [0.2, 0.25) is 0 Å². The second kappa shape index (κ2) is 7.61. The summed E-state index contributed by atoms with van der Waals surface area (Å²) < 4.78 is 12.9. The van der Waals surface area contributed by atoms with Gasteiger partial charge in [-0.1, -0.05) is 20.3 Å². The summed E-state index contributed by atoms with van der Waals surface area (Å²) in [4.78, 5) is 24.9. The molecule has 1 aromatic rings. The van der Waals surface area contributed by atoms with E-state index in [1.165, 1.54) is 29.2 Å². The van der Waals surface area contributed by atoms with Gasteiger partial charge in [-0.25, -0.2) is 14.0 Å². The van der Waals surface area contributed by atoms with Crippen molar-refractivity contribution in [1.29, 1.82) is 0 Å². The van der Waals surface area contributed by atoms with E-state index in [9.17, 15) is 19.1 Å². The third-order valence-electron chi connectivity index (χ3n) is 3.46. The van der Waals surface area contributed by atoms with Crippen molar-refractivity contribution in [2.24, 2.45) is 5.92 Å². The molecular formula is C15H21FN2O3. The first-order valence-electron chi connectivity index (χ1n) is 6.97. The van der Waals surface area contributed by atoms with E-state index >= 15 is 0 Å². The lowest BCUT2D eigenvalue weighted by Crippen LogP contribution is -2.50. The molecule has 1 aromatic carbocycles. The topological polar surface area (TPSA) is 69.6 Å². The summed E-state index contributed by atoms with van der Waals surface area (Å²) in [6.45, 7) is 5.75. The fraction of sp³-hybridized carbons (Fsp3) is 0.467. The largest absolute Gasteiger partial charge is 0.480 e. The van der Waals surface area contributed by atoms with Gasteiger partial charge >= 0.3 is 12.0 Å². The Labute approximate surface area is 123 Å². The molecule has 0 heterocycles. The Morgan fingerprint density at radius 2 is 1.86 bits per heavy atom. The smallest absolute Gasteiger partial charge is 0.326 e. The maximum absolute atomic E-state index is 12.9. The van der Waals surface area contributed by atoms with E-state index < -0.39 is 23.9 Å². The molecule has 2 N–H and O–H groups in total. The highest BCUT2D eigenvalue weighted by Gasteiger charge is 2.27. The van der Waals surface area contributed by atoms with Crippen LogP contribution in [0.3, 0.4) is 0 Å². The first kappa shape index (κ1) is 16.9. The minimum Gasteiger partial charge on any atom is -0.480 e. The Morgan fingerprint density at radius 1 is 1.29 bits per heavy atom. The number of anilines is 1. The molecule has 0 saturated heterocycles. The van der Waals surface area contributed by atoms with Crippen molar-refractivity contribution in [2.45, 2.75) is 33.2 Å². The van der Waals surface area contributed by atoms with Crippen LogP contribution in [0.15, 0.2) is 24.3 Å². The highest BCUT2D eigenvalue weighted by molar-refractivity contribution is 5.94. The van der Waals surface area contributed by atoms with Gasteiger partial charge in [0.15, 0.2) is 0 Å². The Morgan fingerprint density at radius 3 is 2.29 bits per heavy atom.